The molecule has 1 aromatic heterocycles. The smallest absolute Gasteiger partial charge is 0.294 e. The predicted octanol–water partition coefficient (Wildman–Crippen LogP) is 1.94. The first-order valence-corrected chi connectivity index (χ1v) is 4.68. The number of hydrogen-bond acceptors (Lipinski definition) is 4. The van der Waals surface area contributed by atoms with Crippen LogP contribution < -0.4 is 5.32 Å². The van der Waals surface area contributed by atoms with E-state index in [1.807, 2.05) is 0 Å². The molecule has 0 saturated carbocycles. The quantitative estimate of drug-likeness (QED) is 0.755. The Hall–Kier alpha value is -2.30. The van der Waals surface area contributed by atoms with Gasteiger partial charge in [-0.2, -0.15) is 0 Å². The normalized spacial score (nSPS) is 10.1. The van der Waals surface area contributed by atoms with Crippen LogP contribution in [0, 0.1) is 6.92 Å². The average Bonchev–Trinajstić information content (AvgIpc) is 2.77. The van der Waals surface area contributed by atoms with Crippen molar-refractivity contribution >= 4 is 11.6 Å². The van der Waals surface area contributed by atoms with Crippen LogP contribution >= 0.6 is 0 Å². The van der Waals surface area contributed by atoms with Gasteiger partial charge >= 0.3 is 0 Å². The summed E-state index contributed by atoms with van der Waals surface area (Å²) in [7, 11) is 0. The lowest BCUT2D eigenvalue weighted by atomic mass is 10.2. The van der Waals surface area contributed by atoms with Crippen molar-refractivity contribution in [3.8, 4) is 5.75 Å². The van der Waals surface area contributed by atoms with E-state index in [2.05, 4.69) is 10.5 Å². The molecule has 5 nitrogen and oxygen atoms in total. The van der Waals surface area contributed by atoms with E-state index in [9.17, 15) is 9.90 Å². The third-order valence-electron chi connectivity index (χ3n) is 2.12. The van der Waals surface area contributed by atoms with Gasteiger partial charge in [-0.1, -0.05) is 5.16 Å². The van der Waals surface area contributed by atoms with Gasteiger partial charge in [0.2, 0.25) is 5.76 Å². The molecule has 1 amide bonds. The average molecular weight is 218 g/mol. The minimum Gasteiger partial charge on any atom is -0.508 e. The maximum Gasteiger partial charge on any atom is 0.294 e. The summed E-state index contributed by atoms with van der Waals surface area (Å²) in [5, 5.41) is 15.4. The van der Waals surface area contributed by atoms with E-state index in [0.29, 0.717) is 11.3 Å². The Kier molecular flexibility index (Phi) is 2.59. The van der Waals surface area contributed by atoms with E-state index < -0.39 is 0 Å². The molecule has 5 heteroatoms. The van der Waals surface area contributed by atoms with Gasteiger partial charge in [0.1, 0.15) is 5.75 Å². The second kappa shape index (κ2) is 4.06. The fourth-order valence-corrected chi connectivity index (χ4v) is 1.26. The van der Waals surface area contributed by atoms with Crippen LogP contribution in [-0.4, -0.2) is 16.2 Å². The molecule has 2 rings (SSSR count). The van der Waals surface area contributed by atoms with E-state index in [1.165, 1.54) is 18.3 Å². The monoisotopic (exact) mass is 218 g/mol. The number of aromatic nitrogens is 1. The highest BCUT2D eigenvalue weighted by Crippen LogP contribution is 2.20. The van der Waals surface area contributed by atoms with Crippen molar-refractivity contribution in [1.29, 1.82) is 0 Å². The number of benzene rings is 1. The number of hydrogen-bond donors (Lipinski definition) is 2. The molecule has 0 atom stereocenters. The first kappa shape index (κ1) is 10.2. The molecule has 0 fully saturated rings. The summed E-state index contributed by atoms with van der Waals surface area (Å²) in [4.78, 5) is 11.6. The summed E-state index contributed by atoms with van der Waals surface area (Å²) in [5.74, 6) is -0.0361. The first-order chi connectivity index (χ1) is 7.66. The number of carbonyl (C=O) groups excluding carboxylic acids is 1. The molecule has 0 unspecified atom stereocenters. The number of nitrogens with zero attached hydrogens (tertiary/aromatic N) is 1. The summed E-state index contributed by atoms with van der Waals surface area (Å²) >= 11 is 0. The number of aryl methyl sites for hydroxylation is 1. The molecule has 1 heterocycles. The van der Waals surface area contributed by atoms with Crippen molar-refractivity contribution in [1.82, 2.24) is 5.16 Å². The second-order valence-electron chi connectivity index (χ2n) is 3.33. The Morgan fingerprint density at radius 2 is 2.25 bits per heavy atom. The van der Waals surface area contributed by atoms with Gasteiger partial charge in [0.05, 0.1) is 6.20 Å². The number of anilines is 1. The number of nitrogens with one attached hydrogen (secondary N) is 1. The maximum absolute atomic E-state index is 11.6. The largest absolute Gasteiger partial charge is 0.508 e. The zero-order valence-electron chi connectivity index (χ0n) is 8.60. The van der Waals surface area contributed by atoms with Crippen LogP contribution in [0.4, 0.5) is 5.69 Å². The second-order valence-corrected chi connectivity index (χ2v) is 3.33. The molecular formula is C11H10N2O3. The van der Waals surface area contributed by atoms with Crippen molar-refractivity contribution in [2.24, 2.45) is 0 Å². The van der Waals surface area contributed by atoms with Gasteiger partial charge in [0.15, 0.2) is 0 Å². The Morgan fingerprint density at radius 1 is 1.44 bits per heavy atom. The molecule has 0 aliphatic rings. The van der Waals surface area contributed by atoms with Gasteiger partial charge in [-0.05, 0) is 30.7 Å². The number of phenolic OH excluding ortho intramolecular Hbond substituents is 1. The zero-order valence-corrected chi connectivity index (χ0v) is 8.60. The fourth-order valence-electron chi connectivity index (χ4n) is 1.26. The van der Waals surface area contributed by atoms with Crippen molar-refractivity contribution in [2.45, 2.75) is 6.92 Å². The van der Waals surface area contributed by atoms with Gasteiger partial charge in [-0.15, -0.1) is 0 Å². The summed E-state index contributed by atoms with van der Waals surface area (Å²) in [6, 6.07) is 6.27. The Labute approximate surface area is 91.7 Å². The molecule has 1 aromatic carbocycles. The van der Waals surface area contributed by atoms with Gasteiger partial charge in [0.25, 0.3) is 5.91 Å². The number of carbonyl (C=O) groups is 1. The van der Waals surface area contributed by atoms with Crippen molar-refractivity contribution in [3.05, 3.63) is 41.8 Å². The minimum atomic E-state index is -0.373. The fraction of sp³-hybridized carbons (Fsp3) is 0.0909. The molecular weight excluding hydrogens is 208 g/mol. The number of aromatic hydroxyl groups is 1. The van der Waals surface area contributed by atoms with Crippen LogP contribution in [-0.2, 0) is 0 Å². The molecule has 0 radical (unpaired) electrons. The number of phenols is 1. The number of rotatable bonds is 2. The lowest BCUT2D eigenvalue weighted by molar-refractivity contribution is 0.0988. The van der Waals surface area contributed by atoms with Gasteiger partial charge in [-0.3, -0.25) is 4.79 Å². The standard InChI is InChI=1S/C11H10N2O3/c1-7-6-8(2-3-9(7)14)13-11(15)10-4-5-12-16-10/h2-6,14H,1H3,(H,13,15). The van der Waals surface area contributed by atoms with E-state index in [1.54, 1.807) is 19.1 Å². The topological polar surface area (TPSA) is 75.4 Å². The third kappa shape index (κ3) is 2.03. The molecule has 0 saturated heterocycles. The van der Waals surface area contributed by atoms with E-state index in [4.69, 9.17) is 4.52 Å². The highest BCUT2D eigenvalue weighted by molar-refractivity contribution is 6.02. The zero-order chi connectivity index (χ0) is 11.5. The van der Waals surface area contributed by atoms with Crippen LogP contribution in [0.3, 0.4) is 0 Å². The summed E-state index contributed by atoms with van der Waals surface area (Å²) in [6.45, 7) is 1.75. The highest BCUT2D eigenvalue weighted by Gasteiger charge is 2.10. The molecule has 2 N–H and O–H groups in total. The Bertz CT molecular complexity index is 506. The van der Waals surface area contributed by atoms with E-state index in [0.717, 1.165) is 0 Å². The lowest BCUT2D eigenvalue weighted by Gasteiger charge is -2.04. The van der Waals surface area contributed by atoms with E-state index in [-0.39, 0.29) is 17.4 Å². The minimum absolute atomic E-state index is 0.144. The summed E-state index contributed by atoms with van der Waals surface area (Å²) < 4.78 is 4.71. The third-order valence-corrected chi connectivity index (χ3v) is 2.12. The maximum atomic E-state index is 11.6. The van der Waals surface area contributed by atoms with Crippen molar-refractivity contribution < 1.29 is 14.4 Å². The van der Waals surface area contributed by atoms with Gasteiger partial charge in [0, 0.05) is 11.8 Å². The lowest BCUT2D eigenvalue weighted by Crippen LogP contribution is -2.10. The van der Waals surface area contributed by atoms with Crippen LogP contribution in [0.1, 0.15) is 16.1 Å². The SMILES string of the molecule is Cc1cc(NC(=O)c2ccno2)ccc1O. The van der Waals surface area contributed by atoms with E-state index >= 15 is 0 Å². The predicted molar refractivity (Wildman–Crippen MR) is 57.3 cm³/mol. The van der Waals surface area contributed by atoms with Crippen molar-refractivity contribution in [3.63, 3.8) is 0 Å². The van der Waals surface area contributed by atoms with Gasteiger partial charge in [-0.25, -0.2) is 0 Å². The molecule has 82 valence electrons. The number of amides is 1. The molecule has 0 spiro atoms. The molecule has 0 aliphatic carbocycles. The summed E-state index contributed by atoms with van der Waals surface area (Å²) in [5.41, 5.74) is 1.28. The Balaban J connectivity index is 2.15. The molecule has 0 aliphatic heterocycles. The molecule has 2 aromatic rings. The first-order valence-electron chi connectivity index (χ1n) is 4.68. The molecule has 16 heavy (non-hydrogen) atoms. The summed E-state index contributed by atoms with van der Waals surface area (Å²) in [6.07, 6.45) is 1.40. The van der Waals surface area contributed by atoms with Gasteiger partial charge < -0.3 is 14.9 Å². The van der Waals surface area contributed by atoms with Crippen LogP contribution in [0.5, 0.6) is 5.75 Å². The van der Waals surface area contributed by atoms with Crippen molar-refractivity contribution in [2.75, 3.05) is 5.32 Å². The van der Waals surface area contributed by atoms with Crippen LogP contribution in [0.25, 0.3) is 0 Å². The van der Waals surface area contributed by atoms with Crippen LogP contribution in [0.15, 0.2) is 35.0 Å². The van der Waals surface area contributed by atoms with Crippen LogP contribution in [0.2, 0.25) is 0 Å². The molecule has 0 bridgehead atoms. The highest BCUT2D eigenvalue weighted by atomic mass is 16.5. The Morgan fingerprint density at radius 3 is 2.88 bits per heavy atom.